The van der Waals surface area contributed by atoms with Crippen LogP contribution in [0.3, 0.4) is 0 Å². The first-order valence-corrected chi connectivity index (χ1v) is 5.52. The Labute approximate surface area is 111 Å². The summed E-state index contributed by atoms with van der Waals surface area (Å²) in [5, 5.41) is 4.23. The number of nitrogens with zero attached hydrogens (tertiary/aromatic N) is 1. The van der Waals surface area contributed by atoms with Crippen LogP contribution in [0.5, 0.6) is 0 Å². The fraction of sp³-hybridized carbons (Fsp3) is 0.231. The summed E-state index contributed by atoms with van der Waals surface area (Å²) in [7, 11) is 0. The Morgan fingerprint density at radius 1 is 1.67 bits per heavy atom. The summed E-state index contributed by atoms with van der Waals surface area (Å²) in [6, 6.07) is 7.93. The van der Waals surface area contributed by atoms with Crippen molar-refractivity contribution < 1.29 is 14.4 Å². The zero-order valence-corrected chi connectivity index (χ0v) is 10.3. The number of terminal acetylenes is 1. The van der Waals surface area contributed by atoms with Crippen molar-refractivity contribution in [3.05, 3.63) is 34.9 Å². The molecule has 0 aromatic heterocycles. The van der Waals surface area contributed by atoms with Gasteiger partial charge in [-0.2, -0.15) is 0 Å². The van der Waals surface area contributed by atoms with Crippen molar-refractivity contribution in [1.29, 1.82) is 0 Å². The standard InChI is InChI=1S/C13H11ClNO3/c1-2-8-17-13(16)7-9-18-15-10-11-5-3-4-6-12(11)14/h1,4-6,10H,7-9H2/b15-10+. The van der Waals surface area contributed by atoms with Gasteiger partial charge < -0.3 is 9.57 Å². The molecule has 0 unspecified atom stereocenters. The summed E-state index contributed by atoms with van der Waals surface area (Å²) in [5.74, 6) is 1.77. The summed E-state index contributed by atoms with van der Waals surface area (Å²) in [6.07, 6.45) is 6.48. The Morgan fingerprint density at radius 3 is 3.22 bits per heavy atom. The predicted molar refractivity (Wildman–Crippen MR) is 68.2 cm³/mol. The van der Waals surface area contributed by atoms with Gasteiger partial charge in [-0.3, -0.25) is 4.79 Å². The molecule has 0 aliphatic rings. The molecule has 5 heteroatoms. The highest BCUT2D eigenvalue weighted by molar-refractivity contribution is 6.33. The molecule has 1 aromatic rings. The number of hydrogen-bond acceptors (Lipinski definition) is 4. The minimum Gasteiger partial charge on any atom is -0.452 e. The van der Waals surface area contributed by atoms with Gasteiger partial charge in [0, 0.05) is 10.6 Å². The molecule has 0 saturated heterocycles. The van der Waals surface area contributed by atoms with Gasteiger partial charge in [-0.25, -0.2) is 0 Å². The molecule has 0 atom stereocenters. The molecule has 18 heavy (non-hydrogen) atoms. The smallest absolute Gasteiger partial charge is 0.310 e. The Bertz CT molecular complexity index is 466. The number of ether oxygens (including phenoxy) is 1. The van der Waals surface area contributed by atoms with Crippen LogP contribution in [0, 0.1) is 18.4 Å². The van der Waals surface area contributed by atoms with Gasteiger partial charge in [-0.05, 0) is 18.2 Å². The Kier molecular flexibility index (Phi) is 6.37. The summed E-state index contributed by atoms with van der Waals surface area (Å²) >= 11 is 5.89. The molecule has 0 spiro atoms. The summed E-state index contributed by atoms with van der Waals surface area (Å²) in [6.45, 7) is 0.0889. The topological polar surface area (TPSA) is 47.9 Å². The lowest BCUT2D eigenvalue weighted by molar-refractivity contribution is -0.143. The molecule has 93 valence electrons. The van der Waals surface area contributed by atoms with Crippen molar-refractivity contribution in [3.63, 3.8) is 0 Å². The van der Waals surface area contributed by atoms with Crippen molar-refractivity contribution in [2.45, 2.75) is 6.42 Å². The SMILES string of the molecule is C#CCOC(=O)CCO/N=C/c1c[c]ccc1Cl. The van der Waals surface area contributed by atoms with Crippen LogP contribution < -0.4 is 0 Å². The highest BCUT2D eigenvalue weighted by atomic mass is 35.5. The minimum atomic E-state index is -0.422. The Hall–Kier alpha value is -1.99. The highest BCUT2D eigenvalue weighted by Gasteiger charge is 2.01. The molecular formula is C13H11ClNO3. The number of oxime groups is 1. The second-order valence-electron chi connectivity index (χ2n) is 3.13. The minimum absolute atomic E-state index is 0.0302. The lowest BCUT2D eigenvalue weighted by atomic mass is 10.2. The number of hydrogen-bond donors (Lipinski definition) is 0. The normalized spacial score (nSPS) is 10.0. The molecule has 0 saturated carbocycles. The van der Waals surface area contributed by atoms with E-state index in [0.717, 1.165) is 0 Å². The van der Waals surface area contributed by atoms with Gasteiger partial charge in [0.05, 0.1) is 12.6 Å². The van der Waals surface area contributed by atoms with Crippen LogP contribution in [0.25, 0.3) is 0 Å². The maximum absolute atomic E-state index is 11.0. The summed E-state index contributed by atoms with van der Waals surface area (Å²) in [4.78, 5) is 15.9. The van der Waals surface area contributed by atoms with Gasteiger partial charge >= 0.3 is 5.97 Å². The molecule has 0 N–H and O–H groups in total. The number of halogens is 1. The summed E-state index contributed by atoms with van der Waals surface area (Å²) < 4.78 is 4.64. The van der Waals surface area contributed by atoms with E-state index in [9.17, 15) is 4.79 Å². The van der Waals surface area contributed by atoms with Crippen LogP contribution in [0.1, 0.15) is 12.0 Å². The molecule has 0 bridgehead atoms. The van der Waals surface area contributed by atoms with E-state index in [4.69, 9.17) is 22.9 Å². The average Bonchev–Trinajstić information content (AvgIpc) is 2.38. The largest absolute Gasteiger partial charge is 0.452 e. The quantitative estimate of drug-likeness (QED) is 0.260. The number of esters is 1. The molecule has 4 nitrogen and oxygen atoms in total. The van der Waals surface area contributed by atoms with Gasteiger partial charge in [-0.1, -0.05) is 28.7 Å². The van der Waals surface area contributed by atoms with E-state index in [-0.39, 0.29) is 19.6 Å². The summed E-state index contributed by atoms with van der Waals surface area (Å²) in [5.41, 5.74) is 0.689. The van der Waals surface area contributed by atoms with E-state index < -0.39 is 5.97 Å². The van der Waals surface area contributed by atoms with Crippen molar-refractivity contribution in [2.75, 3.05) is 13.2 Å². The molecule has 0 heterocycles. The molecule has 1 radical (unpaired) electrons. The van der Waals surface area contributed by atoms with E-state index >= 15 is 0 Å². The van der Waals surface area contributed by atoms with Gasteiger partial charge in [0.25, 0.3) is 0 Å². The van der Waals surface area contributed by atoms with Crippen LogP contribution >= 0.6 is 11.6 Å². The number of rotatable bonds is 6. The molecule has 1 rings (SSSR count). The van der Waals surface area contributed by atoms with Crippen LogP contribution in [-0.2, 0) is 14.4 Å². The van der Waals surface area contributed by atoms with Crippen molar-refractivity contribution in [3.8, 4) is 12.3 Å². The van der Waals surface area contributed by atoms with E-state index in [1.54, 1.807) is 18.2 Å². The number of benzene rings is 1. The second-order valence-corrected chi connectivity index (χ2v) is 3.54. The van der Waals surface area contributed by atoms with E-state index in [0.29, 0.717) is 10.6 Å². The maximum Gasteiger partial charge on any atom is 0.310 e. The molecule has 0 fully saturated rings. The average molecular weight is 265 g/mol. The van der Waals surface area contributed by atoms with Crippen molar-refractivity contribution >= 4 is 23.8 Å². The molecule has 1 aromatic carbocycles. The monoisotopic (exact) mass is 264 g/mol. The first kappa shape index (κ1) is 14.1. The van der Waals surface area contributed by atoms with Gasteiger partial charge in [-0.15, -0.1) is 6.42 Å². The number of carbonyl (C=O) groups is 1. The first-order valence-electron chi connectivity index (χ1n) is 5.14. The van der Waals surface area contributed by atoms with E-state index in [2.05, 4.69) is 21.9 Å². The predicted octanol–water partition coefficient (Wildman–Crippen LogP) is 2.06. The third-order valence-electron chi connectivity index (χ3n) is 1.82. The molecule has 0 amide bonds. The van der Waals surface area contributed by atoms with Crippen LogP contribution in [-0.4, -0.2) is 25.4 Å². The fourth-order valence-corrected chi connectivity index (χ4v) is 1.16. The highest BCUT2D eigenvalue weighted by Crippen LogP contribution is 2.11. The second kappa shape index (κ2) is 8.15. The zero-order valence-electron chi connectivity index (χ0n) is 9.56. The lowest BCUT2D eigenvalue weighted by Crippen LogP contribution is -2.07. The molecular weight excluding hydrogens is 254 g/mol. The third-order valence-corrected chi connectivity index (χ3v) is 2.16. The van der Waals surface area contributed by atoms with Crippen LogP contribution in [0.15, 0.2) is 23.4 Å². The zero-order chi connectivity index (χ0) is 13.2. The van der Waals surface area contributed by atoms with Gasteiger partial charge in [0.1, 0.15) is 6.61 Å². The van der Waals surface area contributed by atoms with Crippen LogP contribution in [0.2, 0.25) is 5.02 Å². The van der Waals surface area contributed by atoms with Crippen molar-refractivity contribution in [1.82, 2.24) is 0 Å². The first-order chi connectivity index (χ1) is 8.74. The van der Waals surface area contributed by atoms with E-state index in [1.165, 1.54) is 6.21 Å². The van der Waals surface area contributed by atoms with Crippen molar-refractivity contribution in [2.24, 2.45) is 5.16 Å². The third kappa shape index (κ3) is 5.37. The molecule has 0 aliphatic heterocycles. The van der Waals surface area contributed by atoms with Crippen LogP contribution in [0.4, 0.5) is 0 Å². The molecule has 0 aliphatic carbocycles. The Balaban J connectivity index is 2.24. The van der Waals surface area contributed by atoms with E-state index in [1.807, 2.05) is 0 Å². The fourth-order valence-electron chi connectivity index (χ4n) is 0.993. The van der Waals surface area contributed by atoms with Gasteiger partial charge in [0.15, 0.2) is 6.61 Å². The number of carbonyl (C=O) groups excluding carboxylic acids is 1. The Morgan fingerprint density at radius 2 is 2.50 bits per heavy atom. The van der Waals surface area contributed by atoms with Gasteiger partial charge in [0.2, 0.25) is 0 Å². The lowest BCUT2D eigenvalue weighted by Gasteiger charge is -2.00. The maximum atomic E-state index is 11.0.